The number of hydrogen-bond acceptors (Lipinski definition) is 3. The lowest BCUT2D eigenvalue weighted by molar-refractivity contribution is 0.183. The van der Waals surface area contributed by atoms with Crippen LogP contribution in [-0.2, 0) is 0 Å². The summed E-state index contributed by atoms with van der Waals surface area (Å²) in [6.45, 7) is 2.56. The Morgan fingerprint density at radius 3 is 3.07 bits per heavy atom. The first-order valence-electron chi connectivity index (χ1n) is 4.72. The largest absolute Gasteiger partial charge is 0.393 e. The topological polar surface area (TPSA) is 45.1 Å². The van der Waals surface area contributed by atoms with Gasteiger partial charge >= 0.3 is 0 Å². The van der Waals surface area contributed by atoms with Crippen molar-refractivity contribution in [2.75, 3.05) is 11.9 Å². The summed E-state index contributed by atoms with van der Waals surface area (Å²) in [6.07, 6.45) is 3.15. The Hall–Kier alpha value is -0.800. The van der Waals surface area contributed by atoms with E-state index in [9.17, 15) is 0 Å². The number of aliphatic hydroxyl groups excluding tert-OH is 1. The molecule has 0 saturated carbocycles. The molecule has 0 aromatic carbocycles. The minimum absolute atomic E-state index is 0.240. The Kier molecular flexibility index (Phi) is 4.70. The first-order valence-corrected chi connectivity index (χ1v) is 5.10. The Bertz CT molecular complexity index is 279. The quantitative estimate of drug-likeness (QED) is 0.740. The van der Waals surface area contributed by atoms with Gasteiger partial charge in [-0.25, -0.2) is 4.98 Å². The van der Waals surface area contributed by atoms with E-state index in [0.717, 1.165) is 19.4 Å². The molecule has 0 amide bonds. The normalized spacial score (nSPS) is 12.5. The van der Waals surface area contributed by atoms with Crippen molar-refractivity contribution in [1.29, 1.82) is 0 Å². The zero-order valence-corrected chi connectivity index (χ0v) is 8.96. The average Bonchev–Trinajstić information content (AvgIpc) is 2.15. The molecule has 0 spiro atoms. The maximum Gasteiger partial charge on any atom is 0.144 e. The fourth-order valence-electron chi connectivity index (χ4n) is 1.12. The highest BCUT2D eigenvalue weighted by Gasteiger charge is 1.99. The van der Waals surface area contributed by atoms with E-state index in [4.69, 9.17) is 16.7 Å². The van der Waals surface area contributed by atoms with Gasteiger partial charge in [0.15, 0.2) is 0 Å². The molecule has 78 valence electrons. The van der Waals surface area contributed by atoms with Gasteiger partial charge < -0.3 is 10.4 Å². The molecule has 0 aliphatic heterocycles. The Morgan fingerprint density at radius 2 is 2.43 bits per heavy atom. The zero-order valence-electron chi connectivity index (χ0n) is 8.20. The third-order valence-electron chi connectivity index (χ3n) is 1.85. The van der Waals surface area contributed by atoms with Crippen LogP contribution >= 0.6 is 11.6 Å². The fourth-order valence-corrected chi connectivity index (χ4v) is 1.31. The molecule has 1 aromatic heterocycles. The third-order valence-corrected chi connectivity index (χ3v) is 2.15. The standard InChI is InChI=1S/C10H15ClN2O/c1-8(14)4-2-6-12-10-9(11)5-3-7-13-10/h3,5,7-8,14H,2,4,6H2,1H3,(H,12,13). The van der Waals surface area contributed by atoms with Crippen LogP contribution in [0.4, 0.5) is 5.82 Å². The Balaban J connectivity index is 2.28. The monoisotopic (exact) mass is 214 g/mol. The van der Waals surface area contributed by atoms with Crippen molar-refractivity contribution < 1.29 is 5.11 Å². The van der Waals surface area contributed by atoms with Crippen LogP contribution in [0.1, 0.15) is 19.8 Å². The minimum Gasteiger partial charge on any atom is -0.393 e. The number of halogens is 1. The number of anilines is 1. The van der Waals surface area contributed by atoms with Gasteiger partial charge in [-0.05, 0) is 31.9 Å². The highest BCUT2D eigenvalue weighted by molar-refractivity contribution is 6.32. The summed E-state index contributed by atoms with van der Waals surface area (Å²) in [4.78, 5) is 4.09. The number of hydrogen-bond donors (Lipinski definition) is 2. The van der Waals surface area contributed by atoms with E-state index >= 15 is 0 Å². The van der Waals surface area contributed by atoms with Crippen LogP contribution in [0.2, 0.25) is 5.02 Å². The van der Waals surface area contributed by atoms with E-state index < -0.39 is 0 Å². The zero-order chi connectivity index (χ0) is 10.4. The van der Waals surface area contributed by atoms with Crippen molar-refractivity contribution in [2.24, 2.45) is 0 Å². The number of nitrogens with one attached hydrogen (secondary N) is 1. The van der Waals surface area contributed by atoms with Crippen molar-refractivity contribution in [3.63, 3.8) is 0 Å². The van der Waals surface area contributed by atoms with Crippen LogP contribution in [0.3, 0.4) is 0 Å². The van der Waals surface area contributed by atoms with Crippen molar-refractivity contribution in [3.8, 4) is 0 Å². The molecule has 0 saturated heterocycles. The molecule has 0 radical (unpaired) electrons. The summed E-state index contributed by atoms with van der Waals surface area (Å²) in [5.74, 6) is 0.708. The predicted molar refractivity (Wildman–Crippen MR) is 58.7 cm³/mol. The minimum atomic E-state index is -0.240. The lowest BCUT2D eigenvalue weighted by Crippen LogP contribution is -2.07. The van der Waals surface area contributed by atoms with Gasteiger partial charge in [0.05, 0.1) is 11.1 Å². The van der Waals surface area contributed by atoms with E-state index in [1.165, 1.54) is 0 Å². The molecule has 14 heavy (non-hydrogen) atoms. The summed E-state index contributed by atoms with van der Waals surface area (Å²) in [5.41, 5.74) is 0. The predicted octanol–water partition coefficient (Wildman–Crippen LogP) is 2.31. The molecular formula is C10H15ClN2O. The summed E-state index contributed by atoms with van der Waals surface area (Å²) in [6, 6.07) is 3.59. The lowest BCUT2D eigenvalue weighted by Gasteiger charge is -2.07. The van der Waals surface area contributed by atoms with Crippen molar-refractivity contribution in [2.45, 2.75) is 25.9 Å². The third kappa shape index (κ3) is 3.94. The molecular weight excluding hydrogens is 200 g/mol. The van der Waals surface area contributed by atoms with E-state index in [1.54, 1.807) is 25.3 Å². The first kappa shape index (κ1) is 11.3. The van der Waals surface area contributed by atoms with Gasteiger partial charge in [-0.1, -0.05) is 11.6 Å². The van der Waals surface area contributed by atoms with Crippen molar-refractivity contribution in [1.82, 2.24) is 4.98 Å². The van der Waals surface area contributed by atoms with Gasteiger partial charge in [0.1, 0.15) is 5.82 Å². The van der Waals surface area contributed by atoms with E-state index in [2.05, 4.69) is 10.3 Å². The molecule has 0 aliphatic rings. The van der Waals surface area contributed by atoms with Gasteiger partial charge in [-0.2, -0.15) is 0 Å². The maximum atomic E-state index is 9.03. The maximum absolute atomic E-state index is 9.03. The highest BCUT2D eigenvalue weighted by atomic mass is 35.5. The Morgan fingerprint density at radius 1 is 1.64 bits per heavy atom. The molecule has 3 nitrogen and oxygen atoms in total. The molecule has 2 N–H and O–H groups in total. The van der Waals surface area contributed by atoms with Gasteiger partial charge in [-0.3, -0.25) is 0 Å². The smallest absolute Gasteiger partial charge is 0.144 e. The van der Waals surface area contributed by atoms with Gasteiger partial charge in [0, 0.05) is 12.7 Å². The molecule has 1 aromatic rings. The number of aromatic nitrogens is 1. The van der Waals surface area contributed by atoms with Crippen LogP contribution in [0.25, 0.3) is 0 Å². The molecule has 1 heterocycles. The summed E-state index contributed by atoms with van der Waals surface area (Å²) >= 11 is 5.89. The second-order valence-electron chi connectivity index (χ2n) is 3.25. The molecule has 0 fully saturated rings. The van der Waals surface area contributed by atoms with Crippen LogP contribution in [-0.4, -0.2) is 22.7 Å². The average molecular weight is 215 g/mol. The van der Waals surface area contributed by atoms with Crippen LogP contribution < -0.4 is 5.32 Å². The number of pyridine rings is 1. The Labute approximate surface area is 89.1 Å². The second-order valence-corrected chi connectivity index (χ2v) is 3.66. The highest BCUT2D eigenvalue weighted by Crippen LogP contribution is 2.17. The number of aliphatic hydroxyl groups is 1. The van der Waals surface area contributed by atoms with Crippen LogP contribution in [0, 0.1) is 0 Å². The number of nitrogens with zero attached hydrogens (tertiary/aromatic N) is 1. The van der Waals surface area contributed by atoms with Gasteiger partial charge in [0.25, 0.3) is 0 Å². The van der Waals surface area contributed by atoms with Gasteiger partial charge in [0.2, 0.25) is 0 Å². The van der Waals surface area contributed by atoms with Crippen molar-refractivity contribution >= 4 is 17.4 Å². The van der Waals surface area contributed by atoms with E-state index in [-0.39, 0.29) is 6.10 Å². The van der Waals surface area contributed by atoms with E-state index in [1.807, 2.05) is 0 Å². The number of rotatable bonds is 5. The molecule has 0 bridgehead atoms. The van der Waals surface area contributed by atoms with Crippen LogP contribution in [0.5, 0.6) is 0 Å². The summed E-state index contributed by atoms with van der Waals surface area (Å²) < 4.78 is 0. The first-order chi connectivity index (χ1) is 6.70. The van der Waals surface area contributed by atoms with Gasteiger partial charge in [-0.15, -0.1) is 0 Å². The van der Waals surface area contributed by atoms with Crippen molar-refractivity contribution in [3.05, 3.63) is 23.4 Å². The molecule has 0 aliphatic carbocycles. The van der Waals surface area contributed by atoms with Crippen LogP contribution in [0.15, 0.2) is 18.3 Å². The summed E-state index contributed by atoms with van der Waals surface area (Å²) in [5, 5.41) is 12.8. The van der Waals surface area contributed by atoms with E-state index in [0.29, 0.717) is 10.8 Å². The fraction of sp³-hybridized carbons (Fsp3) is 0.500. The molecule has 4 heteroatoms. The summed E-state index contributed by atoms with van der Waals surface area (Å²) in [7, 11) is 0. The lowest BCUT2D eigenvalue weighted by atomic mass is 10.2. The molecule has 1 atom stereocenters. The second kappa shape index (κ2) is 5.83. The molecule has 1 rings (SSSR count). The molecule has 1 unspecified atom stereocenters. The SMILES string of the molecule is CC(O)CCCNc1ncccc1Cl.